The molecular formula is C17H21N3O2S. The lowest BCUT2D eigenvalue weighted by molar-refractivity contribution is -0.115. The van der Waals surface area contributed by atoms with E-state index in [1.807, 2.05) is 38.1 Å². The first kappa shape index (κ1) is 17.3. The van der Waals surface area contributed by atoms with Crippen LogP contribution >= 0.6 is 11.8 Å². The predicted molar refractivity (Wildman–Crippen MR) is 94.0 cm³/mol. The molecule has 0 fully saturated rings. The molecule has 2 aromatic rings. The lowest BCUT2D eigenvalue weighted by Crippen LogP contribution is -2.23. The van der Waals surface area contributed by atoms with Gasteiger partial charge in [0.15, 0.2) is 5.16 Å². The smallest absolute Gasteiger partial charge is 0.251 e. The Bertz CT molecular complexity index is 725. The number of thioether (sulfide) groups is 1. The van der Waals surface area contributed by atoms with E-state index >= 15 is 0 Å². The molecule has 0 bridgehead atoms. The van der Waals surface area contributed by atoms with Crippen molar-refractivity contribution in [3.8, 4) is 0 Å². The number of aromatic amines is 1. The van der Waals surface area contributed by atoms with Crippen LogP contribution in [0.15, 0.2) is 40.3 Å². The van der Waals surface area contributed by atoms with Gasteiger partial charge in [-0.3, -0.25) is 9.59 Å². The summed E-state index contributed by atoms with van der Waals surface area (Å²) >= 11 is 1.25. The highest BCUT2D eigenvalue weighted by Gasteiger charge is 2.16. The number of aryl methyl sites for hydroxylation is 2. The van der Waals surface area contributed by atoms with Gasteiger partial charge in [0.2, 0.25) is 5.91 Å². The first-order valence-electron chi connectivity index (χ1n) is 7.62. The zero-order valence-electron chi connectivity index (χ0n) is 13.6. The van der Waals surface area contributed by atoms with Crippen molar-refractivity contribution < 1.29 is 4.79 Å². The monoisotopic (exact) mass is 331 g/mol. The molecule has 23 heavy (non-hydrogen) atoms. The summed E-state index contributed by atoms with van der Waals surface area (Å²) in [5.74, 6) is -0.123. The first-order chi connectivity index (χ1) is 11.0. The maximum absolute atomic E-state index is 12.2. The molecule has 1 unspecified atom stereocenters. The number of H-pyrrole nitrogens is 1. The van der Waals surface area contributed by atoms with E-state index in [2.05, 4.69) is 15.3 Å². The van der Waals surface area contributed by atoms with Gasteiger partial charge in [0.05, 0.1) is 5.25 Å². The van der Waals surface area contributed by atoms with Crippen molar-refractivity contribution in [3.05, 3.63) is 51.9 Å². The standard InChI is InChI=1S/C17H21N3O2S/c1-4-5-14-10-15(21)20-17(19-14)23-12(3)16(22)18-13-8-6-11(2)7-9-13/h6-10,12H,4-5H2,1-3H3,(H,18,22)(H,19,20,21). The molecule has 2 N–H and O–H groups in total. The Labute approximate surface area is 139 Å². The largest absolute Gasteiger partial charge is 0.325 e. The Balaban J connectivity index is 2.03. The molecule has 122 valence electrons. The maximum atomic E-state index is 12.2. The highest BCUT2D eigenvalue weighted by Crippen LogP contribution is 2.20. The fourth-order valence-electron chi connectivity index (χ4n) is 2.03. The summed E-state index contributed by atoms with van der Waals surface area (Å²) in [6, 6.07) is 9.13. The van der Waals surface area contributed by atoms with Gasteiger partial charge in [-0.05, 0) is 32.4 Å². The number of aromatic nitrogens is 2. The van der Waals surface area contributed by atoms with Crippen molar-refractivity contribution in [2.45, 2.75) is 44.0 Å². The number of nitrogens with one attached hydrogen (secondary N) is 2. The van der Waals surface area contributed by atoms with Crippen LogP contribution < -0.4 is 10.9 Å². The lowest BCUT2D eigenvalue weighted by Gasteiger charge is -2.12. The number of hydrogen-bond acceptors (Lipinski definition) is 4. The van der Waals surface area contributed by atoms with E-state index in [1.165, 1.54) is 17.8 Å². The number of anilines is 1. The Hall–Kier alpha value is -2.08. The van der Waals surface area contributed by atoms with Crippen molar-refractivity contribution in [1.82, 2.24) is 9.97 Å². The third kappa shape index (κ3) is 5.25. The summed E-state index contributed by atoms with van der Waals surface area (Å²) in [4.78, 5) is 31.0. The number of nitrogens with zero attached hydrogens (tertiary/aromatic N) is 1. The van der Waals surface area contributed by atoms with E-state index in [4.69, 9.17) is 0 Å². The van der Waals surface area contributed by atoms with Crippen molar-refractivity contribution in [2.24, 2.45) is 0 Å². The molecule has 0 radical (unpaired) electrons. The second kappa shape index (κ2) is 7.97. The molecule has 1 heterocycles. The Morgan fingerprint density at radius 1 is 1.35 bits per heavy atom. The molecule has 0 saturated carbocycles. The Morgan fingerprint density at radius 2 is 2.04 bits per heavy atom. The third-order valence-corrected chi connectivity index (χ3v) is 4.24. The van der Waals surface area contributed by atoms with Crippen LogP contribution in [0.1, 0.15) is 31.5 Å². The molecule has 2 rings (SSSR count). The normalized spacial score (nSPS) is 12.0. The number of amides is 1. The molecule has 1 aromatic heterocycles. The van der Waals surface area contributed by atoms with Crippen LogP contribution in [0.5, 0.6) is 0 Å². The SMILES string of the molecule is CCCc1cc(=O)[nH]c(SC(C)C(=O)Nc2ccc(C)cc2)n1. The third-order valence-electron chi connectivity index (χ3n) is 3.26. The van der Waals surface area contributed by atoms with E-state index in [0.717, 1.165) is 29.8 Å². The highest BCUT2D eigenvalue weighted by molar-refractivity contribution is 8.00. The van der Waals surface area contributed by atoms with Crippen LogP contribution in [0.4, 0.5) is 5.69 Å². The fraction of sp³-hybridized carbons (Fsp3) is 0.353. The van der Waals surface area contributed by atoms with Crippen LogP contribution in [-0.2, 0) is 11.2 Å². The Morgan fingerprint density at radius 3 is 2.70 bits per heavy atom. The van der Waals surface area contributed by atoms with Gasteiger partial charge >= 0.3 is 0 Å². The highest BCUT2D eigenvalue weighted by atomic mass is 32.2. The van der Waals surface area contributed by atoms with Crippen LogP contribution in [-0.4, -0.2) is 21.1 Å². The second-order valence-electron chi connectivity index (χ2n) is 5.41. The minimum absolute atomic E-state index is 0.123. The van der Waals surface area contributed by atoms with Gasteiger partial charge in [-0.2, -0.15) is 0 Å². The second-order valence-corrected chi connectivity index (χ2v) is 6.74. The molecule has 6 heteroatoms. The van der Waals surface area contributed by atoms with Gasteiger partial charge in [0.1, 0.15) is 0 Å². The number of hydrogen-bond donors (Lipinski definition) is 2. The van der Waals surface area contributed by atoms with E-state index < -0.39 is 0 Å². The number of benzene rings is 1. The quantitative estimate of drug-likeness (QED) is 0.630. The molecule has 1 aromatic carbocycles. The zero-order chi connectivity index (χ0) is 16.8. The summed E-state index contributed by atoms with van der Waals surface area (Å²) in [6.45, 7) is 5.82. The average molecular weight is 331 g/mol. The molecule has 0 aliphatic heterocycles. The zero-order valence-corrected chi connectivity index (χ0v) is 14.4. The van der Waals surface area contributed by atoms with E-state index in [1.54, 1.807) is 6.92 Å². The molecule has 1 atom stereocenters. The van der Waals surface area contributed by atoms with E-state index in [-0.39, 0.29) is 16.7 Å². The van der Waals surface area contributed by atoms with E-state index in [0.29, 0.717) is 5.16 Å². The molecular weight excluding hydrogens is 310 g/mol. The van der Waals surface area contributed by atoms with Gasteiger partial charge in [0, 0.05) is 17.4 Å². The molecule has 0 saturated heterocycles. The number of carbonyl (C=O) groups excluding carboxylic acids is 1. The van der Waals surface area contributed by atoms with Gasteiger partial charge in [-0.25, -0.2) is 4.98 Å². The van der Waals surface area contributed by atoms with Gasteiger partial charge in [0.25, 0.3) is 5.56 Å². The van der Waals surface area contributed by atoms with Crippen molar-refractivity contribution >= 4 is 23.4 Å². The summed E-state index contributed by atoms with van der Waals surface area (Å²) in [5, 5.41) is 2.98. The summed E-state index contributed by atoms with van der Waals surface area (Å²) in [6.07, 6.45) is 1.67. The minimum Gasteiger partial charge on any atom is -0.325 e. The molecule has 0 aliphatic carbocycles. The minimum atomic E-state index is -0.365. The predicted octanol–water partition coefficient (Wildman–Crippen LogP) is 3.15. The van der Waals surface area contributed by atoms with Crippen LogP contribution in [0.2, 0.25) is 0 Å². The van der Waals surface area contributed by atoms with E-state index in [9.17, 15) is 9.59 Å². The van der Waals surface area contributed by atoms with Gasteiger partial charge in [-0.15, -0.1) is 0 Å². The van der Waals surface area contributed by atoms with Crippen molar-refractivity contribution in [2.75, 3.05) is 5.32 Å². The lowest BCUT2D eigenvalue weighted by atomic mass is 10.2. The fourth-order valence-corrected chi connectivity index (χ4v) is 2.86. The van der Waals surface area contributed by atoms with Crippen molar-refractivity contribution in [1.29, 1.82) is 0 Å². The summed E-state index contributed by atoms with van der Waals surface area (Å²) in [7, 11) is 0. The van der Waals surface area contributed by atoms with Crippen LogP contribution in [0.3, 0.4) is 0 Å². The van der Waals surface area contributed by atoms with Crippen LogP contribution in [0.25, 0.3) is 0 Å². The molecule has 1 amide bonds. The van der Waals surface area contributed by atoms with Crippen molar-refractivity contribution in [3.63, 3.8) is 0 Å². The molecule has 0 spiro atoms. The van der Waals surface area contributed by atoms with Gasteiger partial charge in [-0.1, -0.05) is 42.8 Å². The number of carbonyl (C=O) groups is 1. The molecule has 5 nitrogen and oxygen atoms in total. The van der Waals surface area contributed by atoms with Crippen LogP contribution in [0, 0.1) is 6.92 Å². The molecule has 0 aliphatic rings. The van der Waals surface area contributed by atoms with Gasteiger partial charge < -0.3 is 10.3 Å². The summed E-state index contributed by atoms with van der Waals surface area (Å²) < 4.78 is 0. The average Bonchev–Trinajstić information content (AvgIpc) is 2.49. The Kier molecular flexibility index (Phi) is 5.98. The summed E-state index contributed by atoms with van der Waals surface area (Å²) in [5.41, 5.74) is 2.47. The maximum Gasteiger partial charge on any atom is 0.251 e. The topological polar surface area (TPSA) is 74.8 Å². The first-order valence-corrected chi connectivity index (χ1v) is 8.50. The number of rotatable bonds is 6.